The Morgan fingerprint density at radius 3 is 2.05 bits per heavy atom. The molecule has 0 aliphatic rings. The van der Waals surface area contributed by atoms with Crippen molar-refractivity contribution in [3.8, 4) is 0 Å². The lowest BCUT2D eigenvalue weighted by atomic mass is 10.2. The van der Waals surface area contributed by atoms with Crippen molar-refractivity contribution in [3.05, 3.63) is 59.1 Å². The van der Waals surface area contributed by atoms with Crippen LogP contribution in [-0.4, -0.2) is 15.0 Å². The first-order valence-corrected chi connectivity index (χ1v) is 8.12. The molecule has 2 aromatic carbocycles. The van der Waals surface area contributed by atoms with Crippen molar-refractivity contribution in [1.29, 1.82) is 0 Å². The van der Waals surface area contributed by atoms with E-state index in [0.29, 0.717) is 17.3 Å². The molecule has 2 aromatic rings. The predicted molar refractivity (Wildman–Crippen MR) is 82.8 cm³/mol. The van der Waals surface area contributed by atoms with E-state index in [2.05, 4.69) is 0 Å². The summed E-state index contributed by atoms with van der Waals surface area (Å²) >= 11 is 5.80. The molecule has 0 fully saturated rings. The van der Waals surface area contributed by atoms with Gasteiger partial charge in [0, 0.05) is 11.6 Å². The summed E-state index contributed by atoms with van der Waals surface area (Å²) in [5.74, 6) is 0. The summed E-state index contributed by atoms with van der Waals surface area (Å²) in [6.07, 6.45) is 0. The van der Waals surface area contributed by atoms with Crippen molar-refractivity contribution < 1.29 is 8.42 Å². The Morgan fingerprint density at radius 1 is 1.00 bits per heavy atom. The molecule has 0 atom stereocenters. The highest BCUT2D eigenvalue weighted by Crippen LogP contribution is 2.24. The van der Waals surface area contributed by atoms with E-state index in [1.54, 1.807) is 12.1 Å². The number of aryl methyl sites for hydroxylation is 1. The maximum Gasteiger partial charge on any atom is 0.264 e. The summed E-state index contributed by atoms with van der Waals surface area (Å²) in [5.41, 5.74) is 1.75. The molecule has 2 rings (SSSR count). The lowest BCUT2D eigenvalue weighted by Crippen LogP contribution is -2.30. The summed E-state index contributed by atoms with van der Waals surface area (Å²) in [6, 6.07) is 13.6. The Morgan fingerprint density at radius 2 is 1.55 bits per heavy atom. The fraction of sp³-hybridized carbons (Fsp3) is 0.200. The summed E-state index contributed by atoms with van der Waals surface area (Å²) in [4.78, 5) is 0.240. The van der Waals surface area contributed by atoms with E-state index in [-0.39, 0.29) is 4.90 Å². The zero-order valence-corrected chi connectivity index (χ0v) is 12.9. The Balaban J connectivity index is 2.44. The molecule has 0 saturated carbocycles. The molecule has 106 valence electrons. The molecular weight excluding hydrogens is 294 g/mol. The number of sulfonamides is 1. The van der Waals surface area contributed by atoms with Gasteiger partial charge in [0.2, 0.25) is 0 Å². The number of hydrogen-bond donors (Lipinski definition) is 0. The van der Waals surface area contributed by atoms with Crippen LogP contribution in [0.25, 0.3) is 0 Å². The van der Waals surface area contributed by atoms with Crippen LogP contribution in [0.4, 0.5) is 5.69 Å². The molecule has 0 heterocycles. The minimum Gasteiger partial charge on any atom is -0.267 e. The van der Waals surface area contributed by atoms with Crippen LogP contribution in [0.15, 0.2) is 53.4 Å². The Bertz CT molecular complexity index is 679. The van der Waals surface area contributed by atoms with Gasteiger partial charge in [0.25, 0.3) is 10.0 Å². The minimum absolute atomic E-state index is 0.240. The van der Waals surface area contributed by atoms with Crippen LogP contribution in [0.3, 0.4) is 0 Å². The lowest BCUT2D eigenvalue weighted by molar-refractivity contribution is 0.592. The van der Waals surface area contributed by atoms with Gasteiger partial charge in [0.05, 0.1) is 10.6 Å². The quantitative estimate of drug-likeness (QED) is 0.860. The molecule has 0 aliphatic carbocycles. The zero-order chi connectivity index (χ0) is 14.8. The van der Waals surface area contributed by atoms with Gasteiger partial charge in [-0.05, 0) is 50.2 Å². The standard InChI is InChI=1S/C15H16ClNO2S/c1-3-17(14-8-4-12(2)5-9-14)20(18,19)15-10-6-13(16)7-11-15/h4-11H,3H2,1-2H3. The first-order chi connectivity index (χ1) is 9.45. The van der Waals surface area contributed by atoms with Crippen molar-refractivity contribution in [1.82, 2.24) is 0 Å². The Hall–Kier alpha value is -1.52. The van der Waals surface area contributed by atoms with Gasteiger partial charge in [-0.15, -0.1) is 0 Å². The van der Waals surface area contributed by atoms with Crippen molar-refractivity contribution in [2.45, 2.75) is 18.7 Å². The van der Waals surface area contributed by atoms with Crippen LogP contribution in [0.2, 0.25) is 5.02 Å². The Kier molecular flexibility index (Phi) is 4.35. The number of rotatable bonds is 4. The third-order valence-electron chi connectivity index (χ3n) is 3.01. The Labute approximate surface area is 124 Å². The molecule has 0 unspecified atom stereocenters. The number of hydrogen-bond acceptors (Lipinski definition) is 2. The molecule has 20 heavy (non-hydrogen) atoms. The fourth-order valence-electron chi connectivity index (χ4n) is 1.94. The van der Waals surface area contributed by atoms with Gasteiger partial charge in [-0.25, -0.2) is 8.42 Å². The molecular formula is C15H16ClNO2S. The molecule has 3 nitrogen and oxygen atoms in total. The smallest absolute Gasteiger partial charge is 0.264 e. The van der Waals surface area contributed by atoms with Crippen molar-refractivity contribution >= 4 is 27.3 Å². The second-order valence-corrected chi connectivity index (χ2v) is 6.76. The largest absolute Gasteiger partial charge is 0.267 e. The first-order valence-electron chi connectivity index (χ1n) is 6.30. The van der Waals surface area contributed by atoms with E-state index < -0.39 is 10.0 Å². The van der Waals surface area contributed by atoms with Crippen LogP contribution < -0.4 is 4.31 Å². The van der Waals surface area contributed by atoms with E-state index in [4.69, 9.17) is 11.6 Å². The van der Waals surface area contributed by atoms with Crippen LogP contribution in [0.1, 0.15) is 12.5 Å². The molecule has 5 heteroatoms. The summed E-state index contributed by atoms with van der Waals surface area (Å²) < 4.78 is 26.7. The highest BCUT2D eigenvalue weighted by Gasteiger charge is 2.23. The minimum atomic E-state index is -3.56. The normalized spacial score (nSPS) is 11.3. The highest BCUT2D eigenvalue weighted by molar-refractivity contribution is 7.92. The molecule has 0 radical (unpaired) electrons. The molecule has 0 spiro atoms. The van der Waals surface area contributed by atoms with E-state index in [1.807, 2.05) is 38.1 Å². The van der Waals surface area contributed by atoms with Gasteiger partial charge in [-0.2, -0.15) is 0 Å². The van der Waals surface area contributed by atoms with Crippen LogP contribution in [0, 0.1) is 6.92 Å². The van der Waals surface area contributed by atoms with E-state index in [0.717, 1.165) is 5.56 Å². The third-order valence-corrected chi connectivity index (χ3v) is 5.18. The maximum atomic E-state index is 12.6. The fourth-order valence-corrected chi connectivity index (χ4v) is 3.54. The molecule has 0 N–H and O–H groups in total. The van der Waals surface area contributed by atoms with E-state index in [9.17, 15) is 8.42 Å². The average Bonchev–Trinajstić information content (AvgIpc) is 2.42. The third kappa shape index (κ3) is 2.97. The second-order valence-electron chi connectivity index (χ2n) is 4.46. The zero-order valence-electron chi connectivity index (χ0n) is 11.4. The van der Waals surface area contributed by atoms with E-state index >= 15 is 0 Å². The van der Waals surface area contributed by atoms with Gasteiger partial charge in [-0.3, -0.25) is 4.31 Å². The van der Waals surface area contributed by atoms with E-state index in [1.165, 1.54) is 16.4 Å². The van der Waals surface area contributed by atoms with Gasteiger partial charge in [-0.1, -0.05) is 29.3 Å². The molecule has 0 amide bonds. The number of anilines is 1. The second kappa shape index (κ2) is 5.85. The number of benzene rings is 2. The summed E-state index contributed by atoms with van der Waals surface area (Å²) in [6.45, 7) is 4.15. The van der Waals surface area contributed by atoms with Gasteiger partial charge in [0.1, 0.15) is 0 Å². The first kappa shape index (κ1) is 14.9. The number of nitrogens with zero attached hydrogens (tertiary/aromatic N) is 1. The van der Waals surface area contributed by atoms with Crippen molar-refractivity contribution in [2.24, 2.45) is 0 Å². The highest BCUT2D eigenvalue weighted by atomic mass is 35.5. The van der Waals surface area contributed by atoms with Gasteiger partial charge >= 0.3 is 0 Å². The van der Waals surface area contributed by atoms with Crippen molar-refractivity contribution in [3.63, 3.8) is 0 Å². The monoisotopic (exact) mass is 309 g/mol. The summed E-state index contributed by atoms with van der Waals surface area (Å²) in [5, 5.41) is 0.516. The van der Waals surface area contributed by atoms with Crippen LogP contribution >= 0.6 is 11.6 Å². The van der Waals surface area contributed by atoms with Crippen LogP contribution in [-0.2, 0) is 10.0 Å². The number of halogens is 1. The molecule has 0 aliphatic heterocycles. The SMILES string of the molecule is CCN(c1ccc(C)cc1)S(=O)(=O)c1ccc(Cl)cc1. The lowest BCUT2D eigenvalue weighted by Gasteiger charge is -2.23. The molecule has 0 saturated heterocycles. The topological polar surface area (TPSA) is 37.4 Å². The van der Waals surface area contributed by atoms with Crippen LogP contribution in [0.5, 0.6) is 0 Å². The average molecular weight is 310 g/mol. The molecule has 0 bridgehead atoms. The molecule has 0 aromatic heterocycles. The van der Waals surface area contributed by atoms with Gasteiger partial charge < -0.3 is 0 Å². The summed E-state index contributed by atoms with van der Waals surface area (Å²) in [7, 11) is -3.56. The van der Waals surface area contributed by atoms with Crippen molar-refractivity contribution in [2.75, 3.05) is 10.8 Å². The maximum absolute atomic E-state index is 12.6. The van der Waals surface area contributed by atoms with Gasteiger partial charge in [0.15, 0.2) is 0 Å². The predicted octanol–water partition coefficient (Wildman–Crippen LogP) is 3.86.